The number of hydrogen-bond acceptors (Lipinski definition) is 5. The summed E-state index contributed by atoms with van der Waals surface area (Å²) in [5.41, 5.74) is -0.583. The first-order chi connectivity index (χ1) is 11.7. The van der Waals surface area contributed by atoms with Crippen LogP contribution in [0.3, 0.4) is 0 Å². The molecule has 0 N–H and O–H groups in total. The lowest BCUT2D eigenvalue weighted by atomic mass is 10.2. The van der Waals surface area contributed by atoms with Crippen molar-refractivity contribution in [3.63, 3.8) is 0 Å². The van der Waals surface area contributed by atoms with Gasteiger partial charge in [0.05, 0.1) is 12.8 Å². The zero-order chi connectivity index (χ0) is 18.4. The summed E-state index contributed by atoms with van der Waals surface area (Å²) < 4.78 is 10.8. The van der Waals surface area contributed by atoms with Gasteiger partial charge in [-0.05, 0) is 40.0 Å². The number of piperazine rings is 1. The van der Waals surface area contributed by atoms with Crippen LogP contribution in [0.4, 0.5) is 4.79 Å². The van der Waals surface area contributed by atoms with E-state index in [1.807, 2.05) is 25.7 Å². The van der Waals surface area contributed by atoms with Crippen LogP contribution in [0, 0.1) is 0 Å². The molecule has 0 aliphatic carbocycles. The Balaban J connectivity index is 1.93. The summed E-state index contributed by atoms with van der Waals surface area (Å²) >= 11 is 0. The average molecular weight is 351 g/mol. The Labute approximate surface area is 149 Å². The molecular formula is C18H29N3O4. The van der Waals surface area contributed by atoms with Gasteiger partial charge in [0, 0.05) is 39.1 Å². The SMILES string of the molecule is CN1CCN(C(=O)CCN(Cc2ccco2)C(=O)OC(C)(C)C)CC1. The topological polar surface area (TPSA) is 66.2 Å². The van der Waals surface area contributed by atoms with E-state index in [0.717, 1.165) is 26.2 Å². The maximum atomic E-state index is 12.4. The van der Waals surface area contributed by atoms with Gasteiger partial charge < -0.3 is 23.9 Å². The molecule has 0 radical (unpaired) electrons. The van der Waals surface area contributed by atoms with Gasteiger partial charge in [-0.1, -0.05) is 0 Å². The van der Waals surface area contributed by atoms with Crippen LogP contribution in [0.1, 0.15) is 33.0 Å². The molecule has 7 heteroatoms. The van der Waals surface area contributed by atoms with E-state index in [4.69, 9.17) is 9.15 Å². The zero-order valence-corrected chi connectivity index (χ0v) is 15.7. The van der Waals surface area contributed by atoms with Crippen molar-refractivity contribution in [1.82, 2.24) is 14.7 Å². The summed E-state index contributed by atoms with van der Waals surface area (Å²) in [7, 11) is 2.05. The minimum absolute atomic E-state index is 0.0705. The second-order valence-corrected chi connectivity index (χ2v) is 7.42. The minimum atomic E-state index is -0.583. The van der Waals surface area contributed by atoms with Crippen LogP contribution in [0.5, 0.6) is 0 Å². The van der Waals surface area contributed by atoms with Gasteiger partial charge in [-0.15, -0.1) is 0 Å². The van der Waals surface area contributed by atoms with Gasteiger partial charge in [0.2, 0.25) is 5.91 Å². The van der Waals surface area contributed by atoms with Gasteiger partial charge in [0.25, 0.3) is 0 Å². The van der Waals surface area contributed by atoms with Gasteiger partial charge in [-0.3, -0.25) is 4.79 Å². The van der Waals surface area contributed by atoms with E-state index < -0.39 is 11.7 Å². The fourth-order valence-corrected chi connectivity index (χ4v) is 2.60. The predicted molar refractivity (Wildman–Crippen MR) is 94.0 cm³/mol. The van der Waals surface area contributed by atoms with Crippen LogP contribution >= 0.6 is 0 Å². The van der Waals surface area contributed by atoms with E-state index in [1.54, 1.807) is 18.4 Å². The third-order valence-corrected chi connectivity index (χ3v) is 4.03. The number of hydrogen-bond donors (Lipinski definition) is 0. The van der Waals surface area contributed by atoms with E-state index in [9.17, 15) is 9.59 Å². The first kappa shape index (κ1) is 19.3. The molecule has 0 spiro atoms. The Morgan fingerprint density at radius 3 is 2.48 bits per heavy atom. The lowest BCUT2D eigenvalue weighted by Crippen LogP contribution is -2.48. The number of ether oxygens (including phenoxy) is 1. The molecule has 0 saturated carbocycles. The molecule has 0 unspecified atom stereocenters. The molecule has 2 amide bonds. The van der Waals surface area contributed by atoms with Crippen molar-refractivity contribution >= 4 is 12.0 Å². The fraction of sp³-hybridized carbons (Fsp3) is 0.667. The molecule has 1 aromatic heterocycles. The molecule has 1 aliphatic heterocycles. The lowest BCUT2D eigenvalue weighted by Gasteiger charge is -2.33. The molecule has 25 heavy (non-hydrogen) atoms. The Bertz CT molecular complexity index is 557. The van der Waals surface area contributed by atoms with Crippen molar-refractivity contribution in [3.8, 4) is 0 Å². The molecule has 140 valence electrons. The summed E-state index contributed by atoms with van der Waals surface area (Å²) in [6.07, 6.45) is 1.41. The first-order valence-corrected chi connectivity index (χ1v) is 8.71. The highest BCUT2D eigenvalue weighted by molar-refractivity contribution is 5.77. The molecule has 1 saturated heterocycles. The molecule has 2 heterocycles. The third-order valence-electron chi connectivity index (χ3n) is 4.03. The van der Waals surface area contributed by atoms with E-state index in [2.05, 4.69) is 11.9 Å². The summed E-state index contributed by atoms with van der Waals surface area (Å²) in [4.78, 5) is 30.5. The molecule has 0 aromatic carbocycles. The molecule has 1 fully saturated rings. The van der Waals surface area contributed by atoms with Crippen molar-refractivity contribution in [3.05, 3.63) is 24.2 Å². The van der Waals surface area contributed by atoms with Crippen LogP contribution in [0.15, 0.2) is 22.8 Å². The molecule has 7 nitrogen and oxygen atoms in total. The number of nitrogens with zero attached hydrogens (tertiary/aromatic N) is 3. The number of likely N-dealkylation sites (N-methyl/N-ethyl adjacent to an activating group) is 1. The van der Waals surface area contributed by atoms with Crippen molar-refractivity contribution in [2.24, 2.45) is 0 Å². The highest BCUT2D eigenvalue weighted by atomic mass is 16.6. The largest absolute Gasteiger partial charge is 0.467 e. The number of carbonyl (C=O) groups is 2. The van der Waals surface area contributed by atoms with Crippen molar-refractivity contribution in [1.29, 1.82) is 0 Å². The van der Waals surface area contributed by atoms with E-state index in [1.165, 1.54) is 4.90 Å². The standard InChI is InChI=1S/C18H29N3O4/c1-18(2,3)25-17(23)21(14-15-6-5-13-24-15)8-7-16(22)20-11-9-19(4)10-12-20/h5-6,13H,7-12,14H2,1-4H3. The van der Waals surface area contributed by atoms with Crippen LogP contribution in [-0.2, 0) is 16.1 Å². The van der Waals surface area contributed by atoms with Crippen molar-refractivity contribution in [2.45, 2.75) is 39.3 Å². The van der Waals surface area contributed by atoms with E-state index in [-0.39, 0.29) is 18.9 Å². The van der Waals surface area contributed by atoms with Gasteiger partial charge in [0.1, 0.15) is 11.4 Å². The van der Waals surface area contributed by atoms with Crippen molar-refractivity contribution < 1.29 is 18.7 Å². The molecule has 0 atom stereocenters. The minimum Gasteiger partial charge on any atom is -0.467 e. The molecule has 0 bridgehead atoms. The quantitative estimate of drug-likeness (QED) is 0.813. The van der Waals surface area contributed by atoms with Crippen molar-refractivity contribution in [2.75, 3.05) is 39.8 Å². The van der Waals surface area contributed by atoms with Crippen LogP contribution < -0.4 is 0 Å². The van der Waals surface area contributed by atoms with Gasteiger partial charge >= 0.3 is 6.09 Å². The number of amides is 2. The molecule has 1 aliphatic rings. The summed E-state index contributed by atoms with van der Waals surface area (Å²) in [5.74, 6) is 0.735. The summed E-state index contributed by atoms with van der Waals surface area (Å²) in [5, 5.41) is 0. The molecule has 2 rings (SSSR count). The Morgan fingerprint density at radius 2 is 1.92 bits per heavy atom. The maximum Gasteiger partial charge on any atom is 0.410 e. The van der Waals surface area contributed by atoms with Gasteiger partial charge in [0.15, 0.2) is 0 Å². The van der Waals surface area contributed by atoms with Gasteiger partial charge in [-0.2, -0.15) is 0 Å². The maximum absolute atomic E-state index is 12.4. The predicted octanol–water partition coefficient (Wildman–Crippen LogP) is 2.18. The Morgan fingerprint density at radius 1 is 1.24 bits per heavy atom. The molecule has 1 aromatic rings. The number of rotatable bonds is 5. The number of carbonyl (C=O) groups excluding carboxylic acids is 2. The van der Waals surface area contributed by atoms with Crippen LogP contribution in [-0.4, -0.2) is 72.1 Å². The third kappa shape index (κ3) is 6.42. The molecular weight excluding hydrogens is 322 g/mol. The zero-order valence-electron chi connectivity index (χ0n) is 15.7. The second kappa shape index (κ2) is 8.38. The smallest absolute Gasteiger partial charge is 0.410 e. The van der Waals surface area contributed by atoms with Gasteiger partial charge in [-0.25, -0.2) is 4.79 Å². The average Bonchev–Trinajstić information content (AvgIpc) is 3.03. The second-order valence-electron chi connectivity index (χ2n) is 7.42. The van der Waals surface area contributed by atoms with E-state index in [0.29, 0.717) is 12.3 Å². The van der Waals surface area contributed by atoms with E-state index >= 15 is 0 Å². The number of furan rings is 1. The highest BCUT2D eigenvalue weighted by Gasteiger charge is 2.25. The fourth-order valence-electron chi connectivity index (χ4n) is 2.60. The lowest BCUT2D eigenvalue weighted by molar-refractivity contribution is -0.133. The van der Waals surface area contributed by atoms with Crippen LogP contribution in [0.2, 0.25) is 0 Å². The van der Waals surface area contributed by atoms with Crippen LogP contribution in [0.25, 0.3) is 0 Å². The Hall–Kier alpha value is -2.02. The monoisotopic (exact) mass is 351 g/mol. The normalized spacial score (nSPS) is 15.9. The summed E-state index contributed by atoms with van der Waals surface area (Å²) in [6, 6.07) is 3.58. The highest BCUT2D eigenvalue weighted by Crippen LogP contribution is 2.14. The Kier molecular flexibility index (Phi) is 6.47. The summed E-state index contributed by atoms with van der Waals surface area (Å²) in [6.45, 7) is 9.31. The first-order valence-electron chi connectivity index (χ1n) is 8.71.